The summed E-state index contributed by atoms with van der Waals surface area (Å²) in [6, 6.07) is 1.32. The van der Waals surface area contributed by atoms with Gasteiger partial charge in [-0.25, -0.2) is 4.39 Å². The summed E-state index contributed by atoms with van der Waals surface area (Å²) in [5, 5.41) is 3.02. The molecule has 0 saturated carbocycles. The molecule has 4 nitrogen and oxygen atoms in total. The Balaban J connectivity index is 2.45. The van der Waals surface area contributed by atoms with E-state index in [0.717, 1.165) is 12.1 Å². The standard InChI is InChI=1S/C12H16FNO3/c1-14-4-3-8-11(15-2)9(13)7-10-12(8)17-6-5-16-10/h7,14H,3-6H2,1-2H3. The second-order valence-corrected chi connectivity index (χ2v) is 3.75. The molecule has 0 spiro atoms. The zero-order valence-electron chi connectivity index (χ0n) is 10.0. The van der Waals surface area contributed by atoms with Crippen LogP contribution in [0, 0.1) is 5.82 Å². The summed E-state index contributed by atoms with van der Waals surface area (Å²) in [5.41, 5.74) is 0.719. The number of hydrogen-bond donors (Lipinski definition) is 1. The van der Waals surface area contributed by atoms with Crippen LogP contribution in [0.4, 0.5) is 4.39 Å². The van der Waals surface area contributed by atoms with Crippen LogP contribution in [0.15, 0.2) is 6.07 Å². The SMILES string of the molecule is CNCCc1c(OC)c(F)cc2c1OCCO2. The number of rotatable bonds is 4. The molecule has 0 saturated heterocycles. The van der Waals surface area contributed by atoms with Gasteiger partial charge in [-0.2, -0.15) is 0 Å². The third-order valence-electron chi connectivity index (χ3n) is 2.66. The van der Waals surface area contributed by atoms with Crippen LogP contribution in [0.3, 0.4) is 0 Å². The average Bonchev–Trinajstić information content (AvgIpc) is 2.35. The monoisotopic (exact) mass is 241 g/mol. The summed E-state index contributed by atoms with van der Waals surface area (Å²) in [7, 11) is 3.30. The number of halogens is 1. The van der Waals surface area contributed by atoms with Gasteiger partial charge in [-0.15, -0.1) is 0 Å². The summed E-state index contributed by atoms with van der Waals surface area (Å²) in [6.45, 7) is 1.65. The van der Waals surface area contributed by atoms with E-state index in [1.54, 1.807) is 0 Å². The highest BCUT2D eigenvalue weighted by Gasteiger charge is 2.23. The van der Waals surface area contributed by atoms with Crippen LogP contribution in [-0.4, -0.2) is 33.9 Å². The Kier molecular flexibility index (Phi) is 3.68. The van der Waals surface area contributed by atoms with Gasteiger partial charge < -0.3 is 19.5 Å². The number of hydrogen-bond acceptors (Lipinski definition) is 4. The van der Waals surface area contributed by atoms with E-state index in [1.807, 2.05) is 7.05 Å². The average molecular weight is 241 g/mol. The molecule has 0 bridgehead atoms. The lowest BCUT2D eigenvalue weighted by Gasteiger charge is -2.23. The minimum atomic E-state index is -0.414. The van der Waals surface area contributed by atoms with E-state index < -0.39 is 5.82 Å². The zero-order valence-corrected chi connectivity index (χ0v) is 10.0. The van der Waals surface area contributed by atoms with Crippen molar-refractivity contribution in [3.63, 3.8) is 0 Å². The number of fused-ring (bicyclic) bond motifs is 1. The van der Waals surface area contributed by atoms with Gasteiger partial charge in [0.2, 0.25) is 0 Å². The first-order valence-corrected chi connectivity index (χ1v) is 5.57. The molecule has 0 amide bonds. The molecular weight excluding hydrogens is 225 g/mol. The molecule has 5 heteroatoms. The third-order valence-corrected chi connectivity index (χ3v) is 2.66. The van der Waals surface area contributed by atoms with Gasteiger partial charge in [-0.1, -0.05) is 0 Å². The van der Waals surface area contributed by atoms with Crippen LogP contribution in [0.2, 0.25) is 0 Å². The van der Waals surface area contributed by atoms with Gasteiger partial charge in [0.1, 0.15) is 13.2 Å². The molecule has 0 unspecified atom stereocenters. The Labute approximate surface area is 99.7 Å². The molecule has 1 N–H and O–H groups in total. The number of benzene rings is 1. The van der Waals surface area contributed by atoms with Crippen LogP contribution in [0.25, 0.3) is 0 Å². The van der Waals surface area contributed by atoms with Crippen molar-refractivity contribution in [3.8, 4) is 17.2 Å². The number of ether oxygens (including phenoxy) is 3. The molecule has 94 valence electrons. The minimum absolute atomic E-state index is 0.240. The maximum absolute atomic E-state index is 13.8. The summed E-state index contributed by atoms with van der Waals surface area (Å²) in [4.78, 5) is 0. The summed E-state index contributed by atoms with van der Waals surface area (Å²) < 4.78 is 29.8. The minimum Gasteiger partial charge on any atom is -0.493 e. The molecule has 0 fully saturated rings. The summed E-state index contributed by atoms with van der Waals surface area (Å²) in [5.74, 6) is 0.887. The molecule has 0 radical (unpaired) electrons. The van der Waals surface area contributed by atoms with Gasteiger partial charge in [0, 0.05) is 11.6 Å². The van der Waals surface area contributed by atoms with Crippen molar-refractivity contribution < 1.29 is 18.6 Å². The van der Waals surface area contributed by atoms with Crippen LogP contribution in [-0.2, 0) is 6.42 Å². The van der Waals surface area contributed by atoms with Crippen molar-refractivity contribution in [2.45, 2.75) is 6.42 Å². The largest absolute Gasteiger partial charge is 0.493 e. The predicted octanol–water partition coefficient (Wildman–Crippen LogP) is 1.37. The Morgan fingerprint density at radius 1 is 1.41 bits per heavy atom. The molecule has 0 aliphatic carbocycles. The van der Waals surface area contributed by atoms with E-state index >= 15 is 0 Å². The van der Waals surface area contributed by atoms with Gasteiger partial charge in [-0.05, 0) is 20.0 Å². The summed E-state index contributed by atoms with van der Waals surface area (Å²) in [6.07, 6.45) is 0.628. The molecule has 1 aliphatic rings. The fraction of sp³-hybridized carbons (Fsp3) is 0.500. The first kappa shape index (κ1) is 12.0. The molecule has 1 aromatic rings. The van der Waals surface area contributed by atoms with Gasteiger partial charge >= 0.3 is 0 Å². The number of nitrogens with one attached hydrogen (secondary N) is 1. The van der Waals surface area contributed by atoms with Crippen molar-refractivity contribution >= 4 is 0 Å². The topological polar surface area (TPSA) is 39.7 Å². The Bertz CT molecular complexity index is 409. The molecule has 0 aromatic heterocycles. The highest BCUT2D eigenvalue weighted by atomic mass is 19.1. The van der Waals surface area contributed by atoms with Crippen molar-refractivity contribution in [1.82, 2.24) is 5.32 Å². The second kappa shape index (κ2) is 5.23. The third kappa shape index (κ3) is 2.29. The maximum Gasteiger partial charge on any atom is 0.169 e. The van der Waals surface area contributed by atoms with Gasteiger partial charge in [0.25, 0.3) is 0 Å². The molecule has 1 heterocycles. The van der Waals surface area contributed by atoms with Gasteiger partial charge in [0.05, 0.1) is 7.11 Å². The molecular formula is C12H16FNO3. The van der Waals surface area contributed by atoms with Crippen molar-refractivity contribution in [2.24, 2.45) is 0 Å². The van der Waals surface area contributed by atoms with Crippen molar-refractivity contribution in [3.05, 3.63) is 17.4 Å². The van der Waals surface area contributed by atoms with E-state index in [4.69, 9.17) is 14.2 Å². The number of methoxy groups -OCH3 is 1. The fourth-order valence-electron chi connectivity index (χ4n) is 1.90. The van der Waals surface area contributed by atoms with Crippen LogP contribution in [0.1, 0.15) is 5.56 Å². The predicted molar refractivity (Wildman–Crippen MR) is 61.6 cm³/mol. The normalized spacial score (nSPS) is 13.6. The first-order chi connectivity index (χ1) is 8.27. The molecule has 0 atom stereocenters. The van der Waals surface area contributed by atoms with Crippen molar-refractivity contribution in [1.29, 1.82) is 0 Å². The lowest BCUT2D eigenvalue weighted by atomic mass is 10.1. The zero-order chi connectivity index (χ0) is 12.3. The lowest BCUT2D eigenvalue weighted by Crippen LogP contribution is -2.19. The summed E-state index contributed by atoms with van der Waals surface area (Å²) >= 11 is 0. The van der Waals surface area contributed by atoms with E-state index in [1.165, 1.54) is 13.2 Å². The second-order valence-electron chi connectivity index (χ2n) is 3.75. The maximum atomic E-state index is 13.8. The van der Waals surface area contributed by atoms with Crippen LogP contribution >= 0.6 is 0 Å². The lowest BCUT2D eigenvalue weighted by molar-refractivity contribution is 0.167. The fourth-order valence-corrected chi connectivity index (χ4v) is 1.90. The van der Waals surface area contributed by atoms with E-state index in [-0.39, 0.29) is 5.75 Å². The highest BCUT2D eigenvalue weighted by molar-refractivity contribution is 5.55. The van der Waals surface area contributed by atoms with Crippen molar-refractivity contribution in [2.75, 3.05) is 33.9 Å². The van der Waals surface area contributed by atoms with Gasteiger partial charge in [0.15, 0.2) is 23.1 Å². The molecule has 17 heavy (non-hydrogen) atoms. The van der Waals surface area contributed by atoms with E-state index in [2.05, 4.69) is 5.32 Å². The first-order valence-electron chi connectivity index (χ1n) is 5.57. The van der Waals surface area contributed by atoms with Crippen LogP contribution < -0.4 is 19.5 Å². The van der Waals surface area contributed by atoms with E-state index in [0.29, 0.717) is 31.1 Å². The molecule has 2 rings (SSSR count). The Morgan fingerprint density at radius 3 is 2.88 bits per heavy atom. The number of likely N-dealkylation sites (N-methyl/N-ethyl adjacent to an activating group) is 1. The highest BCUT2D eigenvalue weighted by Crippen LogP contribution is 2.41. The molecule has 1 aliphatic heterocycles. The smallest absolute Gasteiger partial charge is 0.169 e. The van der Waals surface area contributed by atoms with Gasteiger partial charge in [-0.3, -0.25) is 0 Å². The Morgan fingerprint density at radius 2 is 2.18 bits per heavy atom. The van der Waals surface area contributed by atoms with E-state index in [9.17, 15) is 4.39 Å². The molecule has 1 aromatic carbocycles. The quantitative estimate of drug-likeness (QED) is 0.864. The Hall–Kier alpha value is -1.49. The van der Waals surface area contributed by atoms with Crippen LogP contribution in [0.5, 0.6) is 17.2 Å².